The molecule has 1 N–H and O–H groups in total. The van der Waals surface area contributed by atoms with Crippen molar-refractivity contribution in [2.24, 2.45) is 0 Å². The molecule has 0 radical (unpaired) electrons. The lowest BCUT2D eigenvalue weighted by molar-refractivity contribution is 0.553. The van der Waals surface area contributed by atoms with Crippen LogP contribution in [-0.2, 0) is 0 Å². The summed E-state index contributed by atoms with van der Waals surface area (Å²) in [6, 6.07) is 4.65. The van der Waals surface area contributed by atoms with Crippen molar-refractivity contribution in [3.05, 3.63) is 23.4 Å². The normalized spacial score (nSPS) is 20.2. The highest BCUT2D eigenvalue weighted by Gasteiger charge is 2.12. The summed E-state index contributed by atoms with van der Waals surface area (Å²) in [5.74, 6) is 1.15. The Hall–Kier alpha value is -0.250. The van der Waals surface area contributed by atoms with Gasteiger partial charge >= 0.3 is 0 Å². The molecule has 1 saturated heterocycles. The number of pyridine rings is 1. The number of hydrogen-bond donors (Lipinski definition) is 1. The number of halogens is 1. The SMILES string of the molecule is Clc1ccc(SCCCC2CCCN2)nc1. The molecule has 1 aromatic heterocycles. The molecule has 1 aromatic rings. The molecule has 1 aliphatic rings. The second-order valence-electron chi connectivity index (χ2n) is 4.10. The van der Waals surface area contributed by atoms with Crippen molar-refractivity contribution in [3.63, 3.8) is 0 Å². The van der Waals surface area contributed by atoms with Crippen LogP contribution in [0.2, 0.25) is 5.02 Å². The van der Waals surface area contributed by atoms with E-state index in [1.54, 1.807) is 6.20 Å². The van der Waals surface area contributed by atoms with Crippen LogP contribution in [0.15, 0.2) is 23.4 Å². The summed E-state index contributed by atoms with van der Waals surface area (Å²) in [5, 5.41) is 5.30. The number of rotatable bonds is 5. The van der Waals surface area contributed by atoms with E-state index in [0.29, 0.717) is 5.02 Å². The molecule has 1 unspecified atom stereocenters. The van der Waals surface area contributed by atoms with Gasteiger partial charge in [0.15, 0.2) is 0 Å². The van der Waals surface area contributed by atoms with Gasteiger partial charge in [-0.05, 0) is 50.1 Å². The van der Waals surface area contributed by atoms with E-state index in [2.05, 4.69) is 10.3 Å². The van der Waals surface area contributed by atoms with Gasteiger partial charge in [-0.15, -0.1) is 11.8 Å². The molecule has 0 saturated carbocycles. The highest BCUT2D eigenvalue weighted by atomic mass is 35.5. The van der Waals surface area contributed by atoms with E-state index in [9.17, 15) is 0 Å². The van der Waals surface area contributed by atoms with Crippen LogP contribution < -0.4 is 5.32 Å². The molecular formula is C12H17ClN2S. The first-order chi connectivity index (χ1) is 7.84. The van der Waals surface area contributed by atoms with E-state index in [0.717, 1.165) is 16.8 Å². The van der Waals surface area contributed by atoms with Gasteiger partial charge < -0.3 is 5.32 Å². The van der Waals surface area contributed by atoms with Crippen LogP contribution in [0.5, 0.6) is 0 Å². The zero-order valence-electron chi connectivity index (χ0n) is 9.29. The van der Waals surface area contributed by atoms with Gasteiger partial charge in [0.1, 0.15) is 0 Å². The van der Waals surface area contributed by atoms with E-state index >= 15 is 0 Å². The van der Waals surface area contributed by atoms with Gasteiger partial charge in [-0.3, -0.25) is 0 Å². The fourth-order valence-corrected chi connectivity index (χ4v) is 2.88. The van der Waals surface area contributed by atoms with Crippen molar-refractivity contribution in [3.8, 4) is 0 Å². The van der Waals surface area contributed by atoms with Crippen molar-refractivity contribution in [2.75, 3.05) is 12.3 Å². The van der Waals surface area contributed by atoms with Crippen LogP contribution in [-0.4, -0.2) is 23.3 Å². The zero-order valence-corrected chi connectivity index (χ0v) is 10.9. The molecule has 0 aliphatic carbocycles. The van der Waals surface area contributed by atoms with E-state index in [-0.39, 0.29) is 0 Å². The Bertz CT molecular complexity index is 309. The minimum absolute atomic E-state index is 0.708. The maximum atomic E-state index is 5.78. The van der Waals surface area contributed by atoms with E-state index < -0.39 is 0 Å². The summed E-state index contributed by atoms with van der Waals surface area (Å²) < 4.78 is 0. The van der Waals surface area contributed by atoms with Crippen molar-refractivity contribution in [1.29, 1.82) is 0 Å². The summed E-state index contributed by atoms with van der Waals surface area (Å²) in [6.07, 6.45) is 6.95. The molecular weight excluding hydrogens is 240 g/mol. The Balaban J connectivity index is 1.62. The maximum absolute atomic E-state index is 5.78. The minimum Gasteiger partial charge on any atom is -0.314 e. The first-order valence-electron chi connectivity index (χ1n) is 5.82. The lowest BCUT2D eigenvalue weighted by atomic mass is 10.1. The van der Waals surface area contributed by atoms with E-state index in [1.165, 1.54) is 32.2 Å². The summed E-state index contributed by atoms with van der Waals surface area (Å²) >= 11 is 7.59. The summed E-state index contributed by atoms with van der Waals surface area (Å²) in [6.45, 7) is 1.20. The molecule has 1 fully saturated rings. The van der Waals surface area contributed by atoms with Gasteiger partial charge in [0.2, 0.25) is 0 Å². The Morgan fingerprint density at radius 2 is 2.44 bits per heavy atom. The van der Waals surface area contributed by atoms with Gasteiger partial charge in [0.05, 0.1) is 10.0 Å². The number of nitrogens with one attached hydrogen (secondary N) is 1. The Morgan fingerprint density at radius 1 is 1.50 bits per heavy atom. The maximum Gasteiger partial charge on any atom is 0.0960 e. The predicted octanol–water partition coefficient (Wildman–Crippen LogP) is 3.36. The Morgan fingerprint density at radius 3 is 3.12 bits per heavy atom. The van der Waals surface area contributed by atoms with Crippen LogP contribution >= 0.6 is 23.4 Å². The van der Waals surface area contributed by atoms with Crippen molar-refractivity contribution in [1.82, 2.24) is 10.3 Å². The largest absolute Gasteiger partial charge is 0.314 e. The van der Waals surface area contributed by atoms with E-state index in [4.69, 9.17) is 11.6 Å². The number of thioether (sulfide) groups is 1. The quantitative estimate of drug-likeness (QED) is 0.646. The number of nitrogens with zero attached hydrogens (tertiary/aromatic N) is 1. The lowest BCUT2D eigenvalue weighted by Gasteiger charge is -2.08. The van der Waals surface area contributed by atoms with Gasteiger partial charge in [-0.1, -0.05) is 11.6 Å². The number of hydrogen-bond acceptors (Lipinski definition) is 3. The average Bonchev–Trinajstić information content (AvgIpc) is 2.80. The smallest absolute Gasteiger partial charge is 0.0960 e. The topological polar surface area (TPSA) is 24.9 Å². The third kappa shape index (κ3) is 3.96. The highest BCUT2D eigenvalue weighted by molar-refractivity contribution is 7.99. The van der Waals surface area contributed by atoms with E-state index in [1.807, 2.05) is 23.9 Å². The fraction of sp³-hybridized carbons (Fsp3) is 0.583. The standard InChI is InChI=1S/C12H17ClN2S/c13-10-5-6-12(15-9-10)16-8-2-4-11-3-1-7-14-11/h5-6,9,11,14H,1-4,7-8H2. The summed E-state index contributed by atoms with van der Waals surface area (Å²) in [7, 11) is 0. The summed E-state index contributed by atoms with van der Waals surface area (Å²) in [4.78, 5) is 4.26. The highest BCUT2D eigenvalue weighted by Crippen LogP contribution is 2.20. The Kier molecular flexibility index (Phi) is 4.94. The molecule has 16 heavy (non-hydrogen) atoms. The first kappa shape index (κ1) is 12.2. The molecule has 1 aliphatic heterocycles. The Labute approximate surface area is 106 Å². The van der Waals surface area contributed by atoms with Crippen LogP contribution in [0.1, 0.15) is 25.7 Å². The second kappa shape index (κ2) is 6.48. The van der Waals surface area contributed by atoms with Crippen molar-refractivity contribution < 1.29 is 0 Å². The van der Waals surface area contributed by atoms with Crippen LogP contribution in [0.4, 0.5) is 0 Å². The average molecular weight is 257 g/mol. The zero-order chi connectivity index (χ0) is 11.2. The van der Waals surface area contributed by atoms with Crippen LogP contribution in [0, 0.1) is 0 Å². The molecule has 2 rings (SSSR count). The monoisotopic (exact) mass is 256 g/mol. The second-order valence-corrected chi connectivity index (χ2v) is 5.65. The van der Waals surface area contributed by atoms with Crippen LogP contribution in [0.25, 0.3) is 0 Å². The lowest BCUT2D eigenvalue weighted by Crippen LogP contribution is -2.20. The van der Waals surface area contributed by atoms with Crippen molar-refractivity contribution in [2.45, 2.75) is 36.8 Å². The molecule has 2 nitrogen and oxygen atoms in total. The fourth-order valence-electron chi connectivity index (χ4n) is 1.96. The third-order valence-corrected chi connectivity index (χ3v) is 4.06. The van der Waals surface area contributed by atoms with Gasteiger partial charge in [0, 0.05) is 12.2 Å². The molecule has 0 amide bonds. The van der Waals surface area contributed by atoms with Gasteiger partial charge in [-0.2, -0.15) is 0 Å². The van der Waals surface area contributed by atoms with Gasteiger partial charge in [-0.25, -0.2) is 4.98 Å². The van der Waals surface area contributed by atoms with Crippen molar-refractivity contribution >= 4 is 23.4 Å². The molecule has 1 atom stereocenters. The molecule has 2 heterocycles. The molecule has 0 spiro atoms. The molecule has 0 aromatic carbocycles. The summed E-state index contributed by atoms with van der Waals surface area (Å²) in [5.41, 5.74) is 0. The van der Waals surface area contributed by atoms with Crippen LogP contribution in [0.3, 0.4) is 0 Å². The number of aromatic nitrogens is 1. The molecule has 4 heteroatoms. The molecule has 88 valence electrons. The minimum atomic E-state index is 0.708. The first-order valence-corrected chi connectivity index (χ1v) is 7.19. The third-order valence-electron chi connectivity index (χ3n) is 2.81. The molecule has 0 bridgehead atoms. The predicted molar refractivity (Wildman–Crippen MR) is 70.2 cm³/mol. The van der Waals surface area contributed by atoms with Gasteiger partial charge in [0.25, 0.3) is 0 Å².